The standard InChI is InChI=1S/C10H10N6O3S/c1-20-6-2-3-8(16(18)19)7(4-6)10(17)11-5-9-12-14-15-13-9/h2-4H,5H2,1H3,(H,11,17)(H,12,13,14,15). The van der Waals surface area contributed by atoms with Crippen molar-refractivity contribution in [3.63, 3.8) is 0 Å². The van der Waals surface area contributed by atoms with Gasteiger partial charge in [0.15, 0.2) is 5.82 Å². The molecule has 2 rings (SSSR count). The number of H-pyrrole nitrogens is 1. The smallest absolute Gasteiger partial charge is 0.282 e. The fourth-order valence-corrected chi connectivity index (χ4v) is 1.93. The molecule has 0 bridgehead atoms. The molecule has 1 aromatic heterocycles. The second-order valence-corrected chi connectivity index (χ2v) is 4.53. The van der Waals surface area contributed by atoms with E-state index in [1.165, 1.54) is 23.9 Å². The Morgan fingerprint density at radius 2 is 2.35 bits per heavy atom. The van der Waals surface area contributed by atoms with Crippen LogP contribution >= 0.6 is 11.8 Å². The zero-order valence-electron chi connectivity index (χ0n) is 10.4. The van der Waals surface area contributed by atoms with E-state index in [2.05, 4.69) is 25.9 Å². The van der Waals surface area contributed by atoms with Crippen molar-refractivity contribution in [1.82, 2.24) is 25.9 Å². The van der Waals surface area contributed by atoms with Crippen molar-refractivity contribution in [2.45, 2.75) is 11.4 Å². The van der Waals surface area contributed by atoms with Gasteiger partial charge in [0.05, 0.1) is 11.5 Å². The molecular weight excluding hydrogens is 284 g/mol. The molecule has 0 fully saturated rings. The number of nitro benzene ring substituents is 1. The maximum Gasteiger partial charge on any atom is 0.282 e. The summed E-state index contributed by atoms with van der Waals surface area (Å²) < 4.78 is 0. The van der Waals surface area contributed by atoms with Gasteiger partial charge in [-0.25, -0.2) is 0 Å². The average molecular weight is 294 g/mol. The Balaban J connectivity index is 2.20. The van der Waals surface area contributed by atoms with Crippen LogP contribution < -0.4 is 5.32 Å². The van der Waals surface area contributed by atoms with Crippen molar-refractivity contribution in [2.24, 2.45) is 0 Å². The SMILES string of the molecule is CSc1ccc([N+](=O)[O-])c(C(=O)NCc2nn[nH]n2)c1. The number of hydrogen-bond acceptors (Lipinski definition) is 7. The molecule has 0 atom stereocenters. The molecule has 104 valence electrons. The molecule has 2 aromatic rings. The number of benzene rings is 1. The summed E-state index contributed by atoms with van der Waals surface area (Å²) in [5, 5.41) is 26.4. The Hall–Kier alpha value is -2.49. The van der Waals surface area contributed by atoms with E-state index >= 15 is 0 Å². The molecule has 0 aliphatic carbocycles. The normalized spacial score (nSPS) is 10.2. The van der Waals surface area contributed by atoms with Crippen LogP contribution in [0.2, 0.25) is 0 Å². The van der Waals surface area contributed by atoms with Gasteiger partial charge in [-0.05, 0) is 18.4 Å². The van der Waals surface area contributed by atoms with Gasteiger partial charge in [0.1, 0.15) is 5.56 Å². The number of nitrogens with zero attached hydrogens (tertiary/aromatic N) is 4. The minimum Gasteiger partial charge on any atom is -0.344 e. The van der Waals surface area contributed by atoms with Crippen LogP contribution in [0.1, 0.15) is 16.2 Å². The zero-order chi connectivity index (χ0) is 14.5. The summed E-state index contributed by atoms with van der Waals surface area (Å²) in [7, 11) is 0. The summed E-state index contributed by atoms with van der Waals surface area (Å²) in [6, 6.07) is 4.39. The molecule has 2 N–H and O–H groups in total. The van der Waals surface area contributed by atoms with E-state index in [0.29, 0.717) is 5.82 Å². The van der Waals surface area contributed by atoms with Crippen molar-refractivity contribution in [1.29, 1.82) is 0 Å². The van der Waals surface area contributed by atoms with E-state index in [1.807, 2.05) is 6.26 Å². The lowest BCUT2D eigenvalue weighted by molar-refractivity contribution is -0.385. The van der Waals surface area contributed by atoms with Crippen molar-refractivity contribution in [3.8, 4) is 0 Å². The first-order valence-electron chi connectivity index (χ1n) is 5.44. The van der Waals surface area contributed by atoms with Gasteiger partial charge in [-0.2, -0.15) is 5.21 Å². The summed E-state index contributed by atoms with van der Waals surface area (Å²) in [5.41, 5.74) is -0.237. The minimum atomic E-state index is -0.590. The van der Waals surface area contributed by atoms with E-state index in [4.69, 9.17) is 0 Å². The summed E-state index contributed by atoms with van der Waals surface area (Å²) in [5.74, 6) is -0.264. The second kappa shape index (κ2) is 6.10. The lowest BCUT2D eigenvalue weighted by atomic mass is 10.1. The Kier molecular flexibility index (Phi) is 4.25. The maximum absolute atomic E-state index is 12.0. The monoisotopic (exact) mass is 294 g/mol. The Morgan fingerprint density at radius 3 is 2.95 bits per heavy atom. The predicted molar refractivity (Wildman–Crippen MR) is 70.2 cm³/mol. The first-order chi connectivity index (χ1) is 9.61. The molecule has 0 aliphatic rings. The largest absolute Gasteiger partial charge is 0.344 e. The summed E-state index contributed by atoms with van der Waals surface area (Å²) in [6.07, 6.45) is 1.82. The number of aromatic nitrogens is 4. The van der Waals surface area contributed by atoms with Crippen LogP contribution in [-0.4, -0.2) is 37.7 Å². The molecule has 1 heterocycles. The highest BCUT2D eigenvalue weighted by Gasteiger charge is 2.20. The Labute approximate surface area is 117 Å². The molecule has 1 amide bonds. The molecule has 0 saturated heterocycles. The van der Waals surface area contributed by atoms with E-state index in [-0.39, 0.29) is 17.8 Å². The van der Waals surface area contributed by atoms with E-state index in [9.17, 15) is 14.9 Å². The van der Waals surface area contributed by atoms with E-state index < -0.39 is 10.8 Å². The first-order valence-corrected chi connectivity index (χ1v) is 6.67. The van der Waals surface area contributed by atoms with Crippen LogP contribution in [0, 0.1) is 10.1 Å². The van der Waals surface area contributed by atoms with Gasteiger partial charge >= 0.3 is 0 Å². The van der Waals surface area contributed by atoms with Gasteiger partial charge in [0, 0.05) is 11.0 Å². The molecular formula is C10H10N6O3S. The zero-order valence-corrected chi connectivity index (χ0v) is 11.2. The number of tetrazole rings is 1. The van der Waals surface area contributed by atoms with Gasteiger partial charge in [-0.1, -0.05) is 5.21 Å². The van der Waals surface area contributed by atoms with Crippen molar-refractivity contribution >= 4 is 23.4 Å². The maximum atomic E-state index is 12.0. The number of thioether (sulfide) groups is 1. The quantitative estimate of drug-likeness (QED) is 0.473. The van der Waals surface area contributed by atoms with Gasteiger partial charge < -0.3 is 5.32 Å². The highest BCUT2D eigenvalue weighted by Crippen LogP contribution is 2.24. The minimum absolute atomic E-state index is 0.00495. The number of rotatable bonds is 5. The van der Waals surface area contributed by atoms with Crippen LogP contribution in [0.3, 0.4) is 0 Å². The fraction of sp³-hybridized carbons (Fsp3) is 0.200. The second-order valence-electron chi connectivity index (χ2n) is 3.65. The summed E-state index contributed by atoms with van der Waals surface area (Å²) >= 11 is 1.39. The van der Waals surface area contributed by atoms with E-state index in [1.54, 1.807) is 6.07 Å². The van der Waals surface area contributed by atoms with Crippen molar-refractivity contribution in [3.05, 3.63) is 39.7 Å². The molecule has 0 unspecified atom stereocenters. The van der Waals surface area contributed by atoms with Crippen LogP contribution in [0.15, 0.2) is 23.1 Å². The highest BCUT2D eigenvalue weighted by molar-refractivity contribution is 7.98. The van der Waals surface area contributed by atoms with Crippen LogP contribution in [-0.2, 0) is 6.54 Å². The third-order valence-corrected chi connectivity index (χ3v) is 3.17. The van der Waals surface area contributed by atoms with Crippen LogP contribution in [0.25, 0.3) is 0 Å². The van der Waals surface area contributed by atoms with E-state index in [0.717, 1.165) is 4.90 Å². The van der Waals surface area contributed by atoms with Crippen molar-refractivity contribution in [2.75, 3.05) is 6.26 Å². The fourth-order valence-electron chi connectivity index (χ4n) is 1.50. The molecule has 0 radical (unpaired) electrons. The third kappa shape index (κ3) is 3.09. The van der Waals surface area contributed by atoms with Gasteiger partial charge in [-0.15, -0.1) is 22.0 Å². The number of carbonyl (C=O) groups is 1. The number of aromatic amines is 1. The molecule has 0 spiro atoms. The number of nitro groups is 1. The van der Waals surface area contributed by atoms with Gasteiger partial charge in [0.25, 0.3) is 11.6 Å². The highest BCUT2D eigenvalue weighted by atomic mass is 32.2. The van der Waals surface area contributed by atoms with Crippen LogP contribution in [0.4, 0.5) is 5.69 Å². The van der Waals surface area contributed by atoms with Gasteiger partial charge in [0.2, 0.25) is 0 Å². The number of carbonyl (C=O) groups excluding carboxylic acids is 1. The first kappa shape index (κ1) is 13.9. The van der Waals surface area contributed by atoms with Gasteiger partial charge in [-0.3, -0.25) is 14.9 Å². The number of hydrogen-bond donors (Lipinski definition) is 2. The molecule has 0 saturated carbocycles. The molecule has 10 heteroatoms. The molecule has 0 aliphatic heterocycles. The molecule has 20 heavy (non-hydrogen) atoms. The third-order valence-electron chi connectivity index (χ3n) is 2.44. The Bertz CT molecular complexity index is 630. The molecule has 9 nitrogen and oxygen atoms in total. The summed E-state index contributed by atoms with van der Waals surface area (Å²) in [6.45, 7) is 0.0377. The number of nitrogens with one attached hydrogen (secondary N) is 2. The Morgan fingerprint density at radius 1 is 1.55 bits per heavy atom. The lowest BCUT2D eigenvalue weighted by Gasteiger charge is -2.05. The van der Waals surface area contributed by atoms with Crippen molar-refractivity contribution < 1.29 is 9.72 Å². The average Bonchev–Trinajstić information content (AvgIpc) is 2.97. The molecule has 1 aromatic carbocycles. The lowest BCUT2D eigenvalue weighted by Crippen LogP contribution is -2.24. The van der Waals surface area contributed by atoms with Crippen LogP contribution in [0.5, 0.6) is 0 Å². The summed E-state index contributed by atoms with van der Waals surface area (Å²) in [4.78, 5) is 23.1. The number of amides is 1. The predicted octanol–water partition coefficient (Wildman–Crippen LogP) is 0.760. The topological polar surface area (TPSA) is 127 Å².